The Balaban J connectivity index is 0.832. The van der Waals surface area contributed by atoms with Crippen LogP contribution in [0.1, 0.15) is 209 Å². The number of piperidine rings is 1. The molecule has 2 aromatic rings. The second kappa shape index (κ2) is 56.1. The molecule has 3 N–H and O–H groups in total. The smallest absolute Gasteiger partial charge is 0.329 e. The number of carbonyl (C=O) groups is 8. The number of aliphatic hydroxyl groups excluding tert-OH is 1. The third kappa shape index (κ3) is 34.5. The van der Waals surface area contributed by atoms with Crippen molar-refractivity contribution in [2.75, 3.05) is 138 Å². The van der Waals surface area contributed by atoms with Gasteiger partial charge >= 0.3 is 11.9 Å². The molecular weight excluding hydrogens is 1680 g/mol. The minimum atomic E-state index is -2.49. The topological polar surface area (TPSA) is 352 Å². The first kappa shape index (κ1) is 110. The van der Waals surface area contributed by atoms with E-state index in [0.717, 1.165) is 5.57 Å². The number of thioether (sulfide) groups is 1. The SMILES string of the molecule is COCC(C)OCC(C)OCC(C)OCC(C)OCC(C)OCC(C)OCC(C)OCCOCC(C)OCC(C)N1C(=O)c2cccc3c(NCSCC(=O)OCCO[C@@H]4CC[C@@H](C[C@H](C)[C@@H]5CC(=O)[C@H](C)/C=C(\C)[C@@H](O)[C@@H](OC)C(=O)C(C)C[C@H](C)/C=C/C=C/C=C(\C)[C@@H](OC)C[C@@H]6CC[C@@H](C)[C@@](O)(O6)C(=O)C(=O)N6CCCCC6C(=O)O5)C[C@H]4OC)ccc(c23)C1=O. The van der Waals surface area contributed by atoms with Crippen molar-refractivity contribution in [1.82, 2.24) is 9.80 Å². The number of fused-ring (bicyclic) bond motifs is 3. The number of anilines is 1. The molecule has 31 heteroatoms. The highest BCUT2D eigenvalue weighted by Crippen LogP contribution is 2.40. The summed E-state index contributed by atoms with van der Waals surface area (Å²) >= 11 is 1.30. The van der Waals surface area contributed by atoms with Crippen molar-refractivity contribution >= 4 is 75.2 Å². The minimum Gasteiger partial charge on any atom is -0.463 e. The minimum absolute atomic E-state index is 0.00390. The van der Waals surface area contributed by atoms with Gasteiger partial charge in [-0.2, -0.15) is 0 Å². The van der Waals surface area contributed by atoms with Gasteiger partial charge in [-0.05, 0) is 187 Å². The van der Waals surface area contributed by atoms with Crippen LogP contribution in [0, 0.1) is 35.5 Å². The van der Waals surface area contributed by atoms with Gasteiger partial charge in [0, 0.05) is 93.2 Å². The summed E-state index contributed by atoms with van der Waals surface area (Å²) in [6.45, 7) is 34.1. The number of carbonyl (C=O) groups excluding carboxylic acids is 8. The van der Waals surface area contributed by atoms with Crippen LogP contribution in [0.15, 0.2) is 77.9 Å². The van der Waals surface area contributed by atoms with Gasteiger partial charge in [0.05, 0.1) is 170 Å². The average Bonchev–Trinajstić information content (AvgIpc) is 0.735. The summed E-state index contributed by atoms with van der Waals surface area (Å²) in [6.07, 6.45) is 9.44. The van der Waals surface area contributed by atoms with Gasteiger partial charge in [-0.1, -0.05) is 83.2 Å². The Hall–Kier alpha value is -6.31. The van der Waals surface area contributed by atoms with E-state index in [1.54, 1.807) is 86.3 Å². The lowest BCUT2D eigenvalue weighted by molar-refractivity contribution is -0.265. The molecule has 24 atom stereocenters. The highest BCUT2D eigenvalue weighted by atomic mass is 32.2. The molecule has 1 saturated carbocycles. The van der Waals surface area contributed by atoms with Gasteiger partial charge in [0.1, 0.15) is 36.7 Å². The van der Waals surface area contributed by atoms with E-state index in [9.17, 15) is 48.6 Å². The number of amides is 3. The Labute approximate surface area is 769 Å². The molecule has 129 heavy (non-hydrogen) atoms. The number of methoxy groups -OCH3 is 4. The molecule has 7 rings (SSSR count). The second-order valence-corrected chi connectivity index (χ2v) is 37.2. The van der Waals surface area contributed by atoms with Crippen LogP contribution in [0.25, 0.3) is 10.8 Å². The first-order chi connectivity index (χ1) is 61.5. The predicted octanol–water partition coefficient (Wildman–Crippen LogP) is 12.6. The number of hydrogen-bond acceptors (Lipinski definition) is 29. The van der Waals surface area contributed by atoms with Crippen molar-refractivity contribution in [2.45, 2.75) is 297 Å². The van der Waals surface area contributed by atoms with E-state index in [-0.39, 0.29) is 142 Å². The molecule has 0 spiro atoms. The zero-order valence-corrected chi connectivity index (χ0v) is 81.1. The van der Waals surface area contributed by atoms with Gasteiger partial charge in [-0.15, -0.1) is 11.8 Å². The van der Waals surface area contributed by atoms with Gasteiger partial charge in [0.15, 0.2) is 5.78 Å². The molecule has 728 valence electrons. The van der Waals surface area contributed by atoms with Crippen molar-refractivity contribution < 1.29 is 129 Å². The first-order valence-electron chi connectivity index (χ1n) is 46.5. The molecular formula is C98H153N3O27S. The molecule has 3 fully saturated rings. The maximum Gasteiger partial charge on any atom is 0.329 e. The largest absolute Gasteiger partial charge is 0.463 e. The van der Waals surface area contributed by atoms with Gasteiger partial charge in [-0.3, -0.25) is 38.5 Å². The summed E-state index contributed by atoms with van der Waals surface area (Å²) in [5, 5.41) is 28.4. The lowest BCUT2D eigenvalue weighted by Gasteiger charge is -2.42. The fourth-order valence-corrected chi connectivity index (χ4v) is 17.6. The van der Waals surface area contributed by atoms with E-state index in [2.05, 4.69) is 5.32 Å². The van der Waals surface area contributed by atoms with Crippen LogP contribution < -0.4 is 5.32 Å². The van der Waals surface area contributed by atoms with Crippen LogP contribution in [0.2, 0.25) is 0 Å². The monoisotopic (exact) mass is 1840 g/mol. The third-order valence-corrected chi connectivity index (χ3v) is 25.6. The molecule has 11 unspecified atom stereocenters. The molecule has 2 bridgehead atoms. The number of benzene rings is 2. The summed E-state index contributed by atoms with van der Waals surface area (Å²) < 4.78 is 101. The Morgan fingerprint density at radius 1 is 0.612 bits per heavy atom. The van der Waals surface area contributed by atoms with Crippen molar-refractivity contribution in [3.05, 3.63) is 89.1 Å². The zero-order valence-electron chi connectivity index (χ0n) is 80.3. The Morgan fingerprint density at radius 3 is 1.84 bits per heavy atom. The van der Waals surface area contributed by atoms with Gasteiger partial charge in [0.2, 0.25) is 5.79 Å². The molecule has 4 aliphatic heterocycles. The molecule has 4 heterocycles. The van der Waals surface area contributed by atoms with E-state index in [4.69, 9.17) is 80.5 Å². The average molecular weight is 1840 g/mol. The Kier molecular flexibility index (Phi) is 47.7. The van der Waals surface area contributed by atoms with E-state index < -0.39 is 108 Å². The van der Waals surface area contributed by atoms with Crippen molar-refractivity contribution in [3.63, 3.8) is 0 Å². The van der Waals surface area contributed by atoms with E-state index >= 15 is 0 Å². The van der Waals surface area contributed by atoms with Crippen LogP contribution in [0.3, 0.4) is 0 Å². The maximum atomic E-state index is 14.8. The normalized spacial score (nSPS) is 29.0. The molecule has 2 aromatic carbocycles. The van der Waals surface area contributed by atoms with Crippen LogP contribution in [-0.2, 0) is 109 Å². The maximum absolute atomic E-state index is 14.8. The summed E-state index contributed by atoms with van der Waals surface area (Å²) in [5.41, 5.74) is 2.66. The van der Waals surface area contributed by atoms with E-state index in [1.807, 2.05) is 113 Å². The molecule has 30 nitrogen and oxygen atoms in total. The first-order valence-corrected chi connectivity index (χ1v) is 47.7. The summed E-state index contributed by atoms with van der Waals surface area (Å²) in [5.74, 6) is -9.60. The molecule has 3 amide bonds. The number of cyclic esters (lactones) is 1. The number of aliphatic hydroxyl groups is 2. The molecule has 1 aliphatic carbocycles. The fourth-order valence-electron chi connectivity index (χ4n) is 17.0. The van der Waals surface area contributed by atoms with Crippen molar-refractivity contribution in [2.24, 2.45) is 35.5 Å². The van der Waals surface area contributed by atoms with Gasteiger partial charge < -0.3 is 101 Å². The lowest BCUT2D eigenvalue weighted by atomic mass is 9.78. The third-order valence-electron chi connectivity index (χ3n) is 24.8. The highest BCUT2D eigenvalue weighted by Gasteiger charge is 2.53. The number of imide groups is 1. The van der Waals surface area contributed by atoms with Gasteiger partial charge in [0.25, 0.3) is 23.5 Å². The van der Waals surface area contributed by atoms with Crippen molar-refractivity contribution in [1.29, 1.82) is 0 Å². The number of nitrogens with one attached hydrogen (secondary N) is 1. The number of ether oxygens (including phenoxy) is 17. The van der Waals surface area contributed by atoms with E-state index in [1.165, 1.54) is 28.7 Å². The van der Waals surface area contributed by atoms with Crippen LogP contribution >= 0.6 is 11.8 Å². The summed E-state index contributed by atoms with van der Waals surface area (Å²) in [7, 11) is 6.19. The summed E-state index contributed by atoms with van der Waals surface area (Å²) in [4.78, 5) is 116. The van der Waals surface area contributed by atoms with Crippen LogP contribution in [-0.4, -0.2) is 309 Å². The zero-order chi connectivity index (χ0) is 94.6. The lowest BCUT2D eigenvalue weighted by Crippen LogP contribution is -2.61. The van der Waals surface area contributed by atoms with Crippen LogP contribution in [0.5, 0.6) is 0 Å². The number of Topliss-reactive ketones (excluding diaryl/α,β-unsaturated/α-hetero) is 3. The second-order valence-electron chi connectivity index (χ2n) is 36.3. The van der Waals surface area contributed by atoms with Crippen LogP contribution in [0.4, 0.5) is 5.69 Å². The molecule has 0 radical (unpaired) electrons. The standard InChI is InChI=1S/C98H153N3O27S/c1-60-27-22-21-23-28-61(2)85(113-18)47-77-34-32-66(7)98(111,128-77)93(106)96(109)100-38-25-24-31-82(100)97(110)127-86(48-83(102)62(3)44-65(6)91(105)92(115-20)90(104)64(5)43-60)63(4)45-76-33-37-84(87(46-76)114-19)118-41-42-119-88(103)58-129-59-99-81-36-35-80-89-78(81)29-26-30-79(89)94(107)101(95(80)108)67(8)49-120-69(10)51-116-39-40-117-70(11)52-122-72(13)54-124-74(15)56-126-75(16)57-125-73(14)55-123-71(12)53-121-68(9)50-112-17/h21-23,26-30,35-36,44,60,62-64,66-77,82,84-87,91-92,99,105,111H,24-25,31-34,37-43,45-59H2,1-20H3/b23-21+,27-22+,61-28+,65-44+/t60-,62-,63+,64?,66-,67?,68?,69?,70?,71?,72?,73?,74?,75?,76+,77+,82?,84-,85+,86+,87-,91-,92+,98-/m1/s1. The number of hydrogen-bond donors (Lipinski definition) is 3. The van der Waals surface area contributed by atoms with Gasteiger partial charge in [-0.25, -0.2) is 4.79 Å². The Morgan fingerprint density at radius 2 is 1.22 bits per heavy atom. The molecule has 0 aromatic heterocycles. The summed E-state index contributed by atoms with van der Waals surface area (Å²) in [6, 6.07) is 7.03. The molecule has 2 saturated heterocycles. The predicted molar refractivity (Wildman–Crippen MR) is 491 cm³/mol. The molecule has 5 aliphatic rings. The fraction of sp³-hybridized carbons (Fsp3) is 0.735. The number of esters is 2. The van der Waals surface area contributed by atoms with Crippen molar-refractivity contribution in [3.8, 4) is 0 Å². The number of allylic oxidation sites excluding steroid dienone is 6. The quantitative estimate of drug-likeness (QED) is 0.0138. The highest BCUT2D eigenvalue weighted by molar-refractivity contribution is 8.00. The number of rotatable bonds is 45. The van der Waals surface area contributed by atoms with E-state index in [0.29, 0.717) is 156 Å². The Bertz CT molecular complexity index is 3930. The number of ketones is 3. The number of nitrogens with zero attached hydrogens (tertiary/aromatic N) is 2.